The van der Waals surface area contributed by atoms with Crippen LogP contribution in [-0.4, -0.2) is 22.2 Å². The molecule has 84 valence electrons. The molecule has 16 heavy (non-hydrogen) atoms. The van der Waals surface area contributed by atoms with Gasteiger partial charge in [0.05, 0.1) is 5.71 Å². The van der Waals surface area contributed by atoms with Crippen LogP contribution < -0.4 is 11.3 Å². The zero-order valence-electron chi connectivity index (χ0n) is 8.93. The fourth-order valence-electron chi connectivity index (χ4n) is 1.56. The highest BCUT2D eigenvalue weighted by atomic mass is 32.2. The molecule has 1 aromatic rings. The number of hydrazine groups is 1. The van der Waals surface area contributed by atoms with Crippen LogP contribution >= 0.6 is 11.8 Å². The number of rotatable bonds is 2. The van der Waals surface area contributed by atoms with E-state index >= 15 is 0 Å². The number of thioether (sulfide) groups is 1. The summed E-state index contributed by atoms with van der Waals surface area (Å²) in [4.78, 5) is 15.2. The first-order valence-corrected chi connectivity index (χ1v) is 5.93. The molecule has 1 aliphatic rings. The Labute approximate surface area is 98.3 Å². The Morgan fingerprint density at radius 2 is 2.19 bits per heavy atom. The summed E-state index contributed by atoms with van der Waals surface area (Å²) in [7, 11) is 0. The van der Waals surface area contributed by atoms with E-state index < -0.39 is 4.87 Å². The van der Waals surface area contributed by atoms with Gasteiger partial charge in [-0.15, -0.1) is 11.8 Å². The molecule has 0 saturated heterocycles. The number of nitrogens with two attached hydrogens (primary N) is 1. The molecule has 0 radical (unpaired) electrons. The lowest BCUT2D eigenvalue weighted by Crippen LogP contribution is -2.43. The van der Waals surface area contributed by atoms with Crippen LogP contribution in [-0.2, 0) is 4.79 Å². The molecule has 0 bridgehead atoms. The van der Waals surface area contributed by atoms with Crippen molar-refractivity contribution >= 4 is 23.4 Å². The van der Waals surface area contributed by atoms with Gasteiger partial charge in [0, 0.05) is 5.75 Å². The van der Waals surface area contributed by atoms with E-state index in [1.165, 1.54) is 11.8 Å². The van der Waals surface area contributed by atoms with Crippen molar-refractivity contribution in [1.29, 1.82) is 0 Å². The molecule has 1 aliphatic heterocycles. The first-order valence-electron chi connectivity index (χ1n) is 4.95. The van der Waals surface area contributed by atoms with Gasteiger partial charge in [0.15, 0.2) is 4.87 Å². The van der Waals surface area contributed by atoms with Gasteiger partial charge in [-0.25, -0.2) is 5.84 Å². The molecule has 1 atom stereocenters. The first-order chi connectivity index (χ1) is 7.65. The second-order valence-corrected chi connectivity index (χ2v) is 5.04. The van der Waals surface area contributed by atoms with E-state index in [4.69, 9.17) is 5.84 Å². The largest absolute Gasteiger partial charge is 0.291 e. The molecule has 0 saturated carbocycles. The summed E-state index contributed by atoms with van der Waals surface area (Å²) in [6.07, 6.45) is 0. The predicted molar refractivity (Wildman–Crippen MR) is 66.2 cm³/mol. The molecule has 2 rings (SSSR count). The van der Waals surface area contributed by atoms with Crippen LogP contribution in [0.5, 0.6) is 0 Å². The van der Waals surface area contributed by atoms with Gasteiger partial charge in [-0.3, -0.25) is 15.2 Å². The summed E-state index contributed by atoms with van der Waals surface area (Å²) >= 11 is 1.48. The number of carbonyl (C=O) groups is 1. The normalized spacial score (nSPS) is 24.0. The van der Waals surface area contributed by atoms with Crippen molar-refractivity contribution in [1.82, 2.24) is 5.43 Å². The maximum absolute atomic E-state index is 11.5. The van der Waals surface area contributed by atoms with E-state index in [9.17, 15) is 4.79 Å². The monoisotopic (exact) mass is 235 g/mol. The molecular weight excluding hydrogens is 222 g/mol. The highest BCUT2D eigenvalue weighted by Crippen LogP contribution is 2.34. The Morgan fingerprint density at radius 3 is 2.81 bits per heavy atom. The number of nitrogens with one attached hydrogen (secondary N) is 1. The first kappa shape index (κ1) is 11.2. The van der Waals surface area contributed by atoms with Gasteiger partial charge in [-0.05, 0) is 12.5 Å². The minimum atomic E-state index is -0.792. The molecule has 1 heterocycles. The van der Waals surface area contributed by atoms with Crippen LogP contribution in [0.25, 0.3) is 0 Å². The molecule has 4 nitrogen and oxygen atoms in total. The zero-order valence-corrected chi connectivity index (χ0v) is 9.75. The van der Waals surface area contributed by atoms with E-state index in [0.717, 1.165) is 17.0 Å². The van der Waals surface area contributed by atoms with E-state index in [1.54, 1.807) is 6.92 Å². The number of benzene rings is 1. The minimum absolute atomic E-state index is 0.261. The van der Waals surface area contributed by atoms with Crippen LogP contribution in [0.4, 0.5) is 0 Å². The molecule has 1 unspecified atom stereocenters. The summed E-state index contributed by atoms with van der Waals surface area (Å²) in [6.45, 7) is 1.77. The van der Waals surface area contributed by atoms with Crippen molar-refractivity contribution in [3.05, 3.63) is 35.9 Å². The lowest BCUT2D eigenvalue weighted by molar-refractivity contribution is -0.122. The van der Waals surface area contributed by atoms with Crippen molar-refractivity contribution in [2.75, 3.05) is 5.75 Å². The number of hydrogen-bond donors (Lipinski definition) is 2. The lowest BCUT2D eigenvalue weighted by Gasteiger charge is -2.16. The molecule has 1 aromatic carbocycles. The SMILES string of the molecule is CC1(C(=O)NN)N=C(c2ccccc2)CS1. The minimum Gasteiger partial charge on any atom is -0.291 e. The third-order valence-electron chi connectivity index (χ3n) is 2.50. The highest BCUT2D eigenvalue weighted by molar-refractivity contribution is 8.02. The van der Waals surface area contributed by atoms with Gasteiger partial charge in [0.2, 0.25) is 0 Å². The number of hydrogen-bond acceptors (Lipinski definition) is 4. The number of amides is 1. The van der Waals surface area contributed by atoms with Crippen LogP contribution in [0.3, 0.4) is 0 Å². The summed E-state index contributed by atoms with van der Waals surface area (Å²) in [5.41, 5.74) is 4.15. The molecule has 0 spiro atoms. The lowest BCUT2D eigenvalue weighted by atomic mass is 10.1. The Hall–Kier alpha value is -1.33. The summed E-state index contributed by atoms with van der Waals surface area (Å²) in [5, 5.41) is 0. The molecule has 5 heteroatoms. The van der Waals surface area contributed by atoms with Crippen molar-refractivity contribution in [3.8, 4) is 0 Å². The zero-order chi connectivity index (χ0) is 11.6. The Bertz CT molecular complexity index is 432. The van der Waals surface area contributed by atoms with E-state index in [1.807, 2.05) is 30.3 Å². The quantitative estimate of drug-likeness (QED) is 0.455. The van der Waals surface area contributed by atoms with Gasteiger partial charge in [0.1, 0.15) is 0 Å². The number of nitrogens with zero attached hydrogens (tertiary/aromatic N) is 1. The summed E-state index contributed by atoms with van der Waals surface area (Å²) < 4.78 is 0. The topological polar surface area (TPSA) is 67.5 Å². The number of aliphatic imine (C=N–C) groups is 1. The van der Waals surface area contributed by atoms with Crippen LogP contribution in [0.1, 0.15) is 12.5 Å². The van der Waals surface area contributed by atoms with E-state index in [2.05, 4.69) is 10.4 Å². The van der Waals surface area contributed by atoms with Gasteiger partial charge in [0.25, 0.3) is 5.91 Å². The fourth-order valence-corrected chi connectivity index (χ4v) is 2.57. The maximum Gasteiger partial charge on any atom is 0.271 e. The molecular formula is C11H13N3OS. The third kappa shape index (κ3) is 1.96. The molecule has 0 fully saturated rings. The predicted octanol–water partition coefficient (Wildman–Crippen LogP) is 0.929. The molecule has 3 N–H and O–H groups in total. The second-order valence-electron chi connectivity index (χ2n) is 3.67. The van der Waals surface area contributed by atoms with Crippen molar-refractivity contribution in [2.45, 2.75) is 11.8 Å². The van der Waals surface area contributed by atoms with Gasteiger partial charge in [-0.1, -0.05) is 30.3 Å². The Morgan fingerprint density at radius 1 is 1.50 bits per heavy atom. The standard InChI is InChI=1S/C11H13N3OS/c1-11(10(15)14-12)13-9(7-16-11)8-5-3-2-4-6-8/h2-6H,7,12H2,1H3,(H,14,15). The third-order valence-corrected chi connectivity index (χ3v) is 3.75. The van der Waals surface area contributed by atoms with Crippen molar-refractivity contribution in [3.63, 3.8) is 0 Å². The smallest absolute Gasteiger partial charge is 0.271 e. The molecule has 0 aliphatic carbocycles. The van der Waals surface area contributed by atoms with Crippen molar-refractivity contribution in [2.24, 2.45) is 10.8 Å². The fraction of sp³-hybridized carbons (Fsp3) is 0.273. The van der Waals surface area contributed by atoms with Gasteiger partial charge in [-0.2, -0.15) is 0 Å². The second kappa shape index (κ2) is 4.27. The van der Waals surface area contributed by atoms with Crippen LogP contribution in [0, 0.1) is 0 Å². The average Bonchev–Trinajstić information content (AvgIpc) is 2.73. The van der Waals surface area contributed by atoms with E-state index in [0.29, 0.717) is 0 Å². The van der Waals surface area contributed by atoms with Gasteiger partial charge < -0.3 is 0 Å². The highest BCUT2D eigenvalue weighted by Gasteiger charge is 2.38. The summed E-state index contributed by atoms with van der Waals surface area (Å²) in [5.74, 6) is 5.61. The Balaban J connectivity index is 2.28. The van der Waals surface area contributed by atoms with E-state index in [-0.39, 0.29) is 5.91 Å². The Kier molecular flexibility index (Phi) is 2.98. The summed E-state index contributed by atoms with van der Waals surface area (Å²) in [6, 6.07) is 9.86. The van der Waals surface area contributed by atoms with Crippen LogP contribution in [0.15, 0.2) is 35.3 Å². The molecule has 1 amide bonds. The molecule has 0 aromatic heterocycles. The van der Waals surface area contributed by atoms with Gasteiger partial charge >= 0.3 is 0 Å². The van der Waals surface area contributed by atoms with Crippen LogP contribution in [0.2, 0.25) is 0 Å². The number of carbonyl (C=O) groups excluding carboxylic acids is 1. The average molecular weight is 235 g/mol. The maximum atomic E-state index is 11.5. The van der Waals surface area contributed by atoms with Crippen molar-refractivity contribution < 1.29 is 4.79 Å².